The van der Waals surface area contributed by atoms with E-state index in [0.717, 1.165) is 18.5 Å². The third kappa shape index (κ3) is 2.46. The number of nitrogens with zero attached hydrogens (tertiary/aromatic N) is 2. The van der Waals surface area contributed by atoms with E-state index in [-0.39, 0.29) is 24.1 Å². The Balaban J connectivity index is 1.94. The van der Waals surface area contributed by atoms with Crippen molar-refractivity contribution in [1.29, 1.82) is 0 Å². The van der Waals surface area contributed by atoms with Crippen LogP contribution in [0.1, 0.15) is 36.0 Å². The summed E-state index contributed by atoms with van der Waals surface area (Å²) in [5.41, 5.74) is 8.03. The van der Waals surface area contributed by atoms with Crippen LogP contribution in [0.4, 0.5) is 11.4 Å². The topological polar surface area (TPSA) is 69.8 Å². The predicted molar refractivity (Wildman–Crippen MR) is 83.4 cm³/mol. The van der Waals surface area contributed by atoms with E-state index < -0.39 is 0 Å². The molecule has 0 spiro atoms. The maximum atomic E-state index is 13.0. The molecule has 0 aliphatic carbocycles. The Hall–Kier alpha value is -1.75. The Morgan fingerprint density at radius 1 is 1.29 bits per heavy atom. The van der Waals surface area contributed by atoms with E-state index in [4.69, 9.17) is 5.73 Å². The van der Waals surface area contributed by atoms with E-state index in [1.54, 1.807) is 6.07 Å². The van der Waals surface area contributed by atoms with Crippen LogP contribution in [0.25, 0.3) is 0 Å². The molecule has 2 bridgehead atoms. The van der Waals surface area contributed by atoms with E-state index in [0.29, 0.717) is 24.1 Å². The quantitative estimate of drug-likeness (QED) is 0.809. The number of carbonyl (C=O) groups is 1. The van der Waals surface area contributed by atoms with E-state index in [1.165, 1.54) is 0 Å². The lowest BCUT2D eigenvalue weighted by Crippen LogP contribution is -2.48. The van der Waals surface area contributed by atoms with Crippen LogP contribution in [0.2, 0.25) is 0 Å². The van der Waals surface area contributed by atoms with Gasteiger partial charge in [0.25, 0.3) is 5.91 Å². The molecule has 2 aliphatic heterocycles. The number of benzene rings is 1. The highest BCUT2D eigenvalue weighted by atomic mass is 16.3. The number of anilines is 2. The molecule has 3 rings (SSSR count). The molecular weight excluding hydrogens is 266 g/mol. The number of nitrogens with two attached hydrogens (primary N) is 1. The van der Waals surface area contributed by atoms with E-state index in [2.05, 4.69) is 0 Å². The largest absolute Gasteiger partial charge is 0.399 e. The Morgan fingerprint density at radius 2 is 1.90 bits per heavy atom. The van der Waals surface area contributed by atoms with Crippen molar-refractivity contribution in [2.75, 3.05) is 24.7 Å². The predicted octanol–water partition coefficient (Wildman–Crippen LogP) is 1.46. The SMILES string of the molecule is CN(C)c1ccc(N)cc1C(=O)N1C2CCC1CC(O)C2. The monoisotopic (exact) mass is 289 g/mol. The van der Waals surface area contributed by atoms with Gasteiger partial charge in [0.2, 0.25) is 0 Å². The van der Waals surface area contributed by atoms with Crippen LogP contribution in [0, 0.1) is 0 Å². The van der Waals surface area contributed by atoms with E-state index in [9.17, 15) is 9.90 Å². The van der Waals surface area contributed by atoms with Gasteiger partial charge in [0.15, 0.2) is 0 Å². The van der Waals surface area contributed by atoms with Crippen LogP contribution >= 0.6 is 0 Å². The smallest absolute Gasteiger partial charge is 0.256 e. The molecular formula is C16H23N3O2. The minimum absolute atomic E-state index is 0.0467. The molecule has 2 aliphatic rings. The number of fused-ring (bicyclic) bond motifs is 2. The van der Waals surface area contributed by atoms with Gasteiger partial charge in [0.1, 0.15) is 0 Å². The summed E-state index contributed by atoms with van der Waals surface area (Å²) >= 11 is 0. The fourth-order valence-corrected chi connectivity index (χ4v) is 3.73. The van der Waals surface area contributed by atoms with Gasteiger partial charge in [-0.25, -0.2) is 0 Å². The number of amides is 1. The van der Waals surface area contributed by atoms with Crippen LogP contribution in [-0.4, -0.2) is 48.2 Å². The standard InChI is InChI=1S/C16H23N3O2/c1-18(2)15-6-3-10(17)7-14(15)16(21)19-11-4-5-12(19)9-13(20)8-11/h3,6-7,11-13,20H,4-5,8-9,17H2,1-2H3. The number of nitrogen functional groups attached to an aromatic ring is 1. The first kappa shape index (κ1) is 14.2. The van der Waals surface area contributed by atoms with Crippen LogP contribution in [-0.2, 0) is 0 Å². The minimum Gasteiger partial charge on any atom is -0.399 e. The van der Waals surface area contributed by atoms with Gasteiger partial charge in [-0.1, -0.05) is 0 Å². The van der Waals surface area contributed by atoms with Gasteiger partial charge in [0.05, 0.1) is 11.7 Å². The van der Waals surface area contributed by atoms with Gasteiger partial charge in [0, 0.05) is 37.6 Å². The molecule has 0 aromatic heterocycles. The second kappa shape index (κ2) is 5.22. The summed E-state index contributed by atoms with van der Waals surface area (Å²) < 4.78 is 0. The van der Waals surface area contributed by atoms with Crippen LogP contribution in [0.5, 0.6) is 0 Å². The summed E-state index contributed by atoms with van der Waals surface area (Å²) in [6.07, 6.45) is 3.12. The van der Waals surface area contributed by atoms with Gasteiger partial charge >= 0.3 is 0 Å². The second-order valence-electron chi connectivity index (χ2n) is 6.39. The van der Waals surface area contributed by atoms with Crippen molar-refractivity contribution in [3.63, 3.8) is 0 Å². The molecule has 2 unspecified atom stereocenters. The first-order chi connectivity index (χ1) is 9.97. The van der Waals surface area contributed by atoms with E-state index in [1.807, 2.05) is 36.0 Å². The lowest BCUT2D eigenvalue weighted by Gasteiger charge is -2.37. The molecule has 1 aromatic carbocycles. The molecule has 0 radical (unpaired) electrons. The normalized spacial score (nSPS) is 27.8. The first-order valence-corrected chi connectivity index (χ1v) is 7.55. The number of hydrogen-bond donors (Lipinski definition) is 2. The molecule has 21 heavy (non-hydrogen) atoms. The number of aliphatic hydroxyl groups is 1. The summed E-state index contributed by atoms with van der Waals surface area (Å²) in [7, 11) is 3.85. The summed E-state index contributed by atoms with van der Waals surface area (Å²) in [6, 6.07) is 5.82. The molecule has 5 nitrogen and oxygen atoms in total. The molecule has 2 atom stereocenters. The highest BCUT2D eigenvalue weighted by Gasteiger charge is 2.43. The molecule has 1 amide bonds. The van der Waals surface area contributed by atoms with Crippen LogP contribution in [0.15, 0.2) is 18.2 Å². The van der Waals surface area contributed by atoms with Gasteiger partial charge in [-0.3, -0.25) is 4.79 Å². The lowest BCUT2D eigenvalue weighted by atomic mass is 9.98. The first-order valence-electron chi connectivity index (χ1n) is 7.55. The van der Waals surface area contributed by atoms with Gasteiger partial charge in [-0.15, -0.1) is 0 Å². The summed E-state index contributed by atoms with van der Waals surface area (Å²) in [5.74, 6) is 0.0467. The van der Waals surface area contributed by atoms with Crippen molar-refractivity contribution in [1.82, 2.24) is 4.90 Å². The minimum atomic E-state index is -0.263. The Bertz CT molecular complexity index is 544. The molecule has 0 saturated carbocycles. The Kier molecular flexibility index (Phi) is 3.53. The molecule has 3 N–H and O–H groups in total. The van der Waals surface area contributed by atoms with Crippen molar-refractivity contribution < 1.29 is 9.90 Å². The highest BCUT2D eigenvalue weighted by molar-refractivity contribution is 6.01. The molecule has 2 heterocycles. The highest BCUT2D eigenvalue weighted by Crippen LogP contribution is 2.38. The lowest BCUT2D eigenvalue weighted by molar-refractivity contribution is 0.0287. The summed E-state index contributed by atoms with van der Waals surface area (Å²) in [5, 5.41) is 9.88. The molecule has 5 heteroatoms. The van der Waals surface area contributed by atoms with Crippen molar-refractivity contribution >= 4 is 17.3 Å². The maximum absolute atomic E-state index is 13.0. The van der Waals surface area contributed by atoms with Gasteiger partial charge in [-0.2, -0.15) is 0 Å². The number of aliphatic hydroxyl groups excluding tert-OH is 1. The maximum Gasteiger partial charge on any atom is 0.256 e. The average molecular weight is 289 g/mol. The number of rotatable bonds is 2. The zero-order chi connectivity index (χ0) is 15.1. The van der Waals surface area contributed by atoms with E-state index >= 15 is 0 Å². The number of hydrogen-bond acceptors (Lipinski definition) is 4. The third-order valence-corrected chi connectivity index (χ3v) is 4.68. The third-order valence-electron chi connectivity index (χ3n) is 4.68. The number of carbonyl (C=O) groups excluding carboxylic acids is 1. The van der Waals surface area contributed by atoms with Crippen molar-refractivity contribution in [3.05, 3.63) is 23.8 Å². The molecule has 2 fully saturated rings. The number of piperidine rings is 1. The zero-order valence-electron chi connectivity index (χ0n) is 12.6. The van der Waals surface area contributed by atoms with Gasteiger partial charge in [-0.05, 0) is 43.9 Å². The summed E-state index contributed by atoms with van der Waals surface area (Å²) in [6.45, 7) is 0. The summed E-state index contributed by atoms with van der Waals surface area (Å²) in [4.78, 5) is 16.9. The Morgan fingerprint density at radius 3 is 2.48 bits per heavy atom. The average Bonchev–Trinajstić information content (AvgIpc) is 2.69. The van der Waals surface area contributed by atoms with Crippen molar-refractivity contribution in [3.8, 4) is 0 Å². The molecule has 1 aromatic rings. The van der Waals surface area contributed by atoms with Gasteiger partial charge < -0.3 is 20.6 Å². The molecule has 2 saturated heterocycles. The Labute approximate surface area is 125 Å². The van der Waals surface area contributed by atoms with Crippen LogP contribution < -0.4 is 10.6 Å². The molecule has 114 valence electrons. The van der Waals surface area contributed by atoms with Crippen molar-refractivity contribution in [2.45, 2.75) is 43.9 Å². The van der Waals surface area contributed by atoms with Crippen molar-refractivity contribution in [2.24, 2.45) is 0 Å². The fraction of sp³-hybridized carbons (Fsp3) is 0.562. The second-order valence-corrected chi connectivity index (χ2v) is 6.39. The zero-order valence-corrected chi connectivity index (χ0v) is 12.6. The fourth-order valence-electron chi connectivity index (χ4n) is 3.73. The van der Waals surface area contributed by atoms with Crippen LogP contribution in [0.3, 0.4) is 0 Å².